The van der Waals surface area contributed by atoms with Crippen LogP contribution in [0.2, 0.25) is 0 Å². The number of hydrogen-bond donors (Lipinski definition) is 2. The van der Waals surface area contributed by atoms with Crippen molar-refractivity contribution in [1.82, 2.24) is 10.6 Å². The van der Waals surface area contributed by atoms with Crippen molar-refractivity contribution < 1.29 is 0 Å². The summed E-state index contributed by atoms with van der Waals surface area (Å²) in [6, 6.07) is 0.709. The smallest absolute Gasteiger partial charge is 0.0195 e. The molecule has 2 fully saturated rings. The van der Waals surface area contributed by atoms with Gasteiger partial charge in [0, 0.05) is 19.1 Å². The first-order chi connectivity index (χ1) is 9.10. The zero-order chi connectivity index (χ0) is 13.7. The molecule has 1 heterocycles. The van der Waals surface area contributed by atoms with Crippen LogP contribution in [0.15, 0.2) is 0 Å². The van der Waals surface area contributed by atoms with Crippen molar-refractivity contribution in [3.63, 3.8) is 0 Å². The molecule has 0 aromatic carbocycles. The average Bonchev–Trinajstić information content (AvgIpc) is 2.77. The van der Waals surface area contributed by atoms with E-state index in [1.807, 2.05) is 0 Å². The highest BCUT2D eigenvalue weighted by Gasteiger charge is 2.34. The topological polar surface area (TPSA) is 24.1 Å². The minimum Gasteiger partial charge on any atom is -0.315 e. The second-order valence-electron chi connectivity index (χ2n) is 7.72. The maximum atomic E-state index is 3.80. The van der Waals surface area contributed by atoms with Crippen LogP contribution in [-0.4, -0.2) is 25.7 Å². The lowest BCUT2D eigenvalue weighted by Gasteiger charge is -2.33. The zero-order valence-corrected chi connectivity index (χ0v) is 13.3. The van der Waals surface area contributed by atoms with Crippen LogP contribution in [0.4, 0.5) is 0 Å². The van der Waals surface area contributed by atoms with Crippen molar-refractivity contribution in [3.05, 3.63) is 0 Å². The summed E-state index contributed by atoms with van der Waals surface area (Å²) in [5.41, 5.74) is 0.619. The molecule has 0 aromatic heterocycles. The van der Waals surface area contributed by atoms with Gasteiger partial charge in [0.05, 0.1) is 0 Å². The van der Waals surface area contributed by atoms with E-state index in [1.54, 1.807) is 0 Å². The maximum Gasteiger partial charge on any atom is 0.0195 e. The first-order valence-corrected chi connectivity index (χ1v) is 8.54. The Kier molecular flexibility index (Phi) is 5.70. The molecule has 1 saturated heterocycles. The third-order valence-corrected chi connectivity index (χ3v) is 5.15. The van der Waals surface area contributed by atoms with E-state index in [4.69, 9.17) is 0 Å². The standard InChI is InChI=1S/C17H34N2/c1-14(2)11-17(7-4-5-8-17)13-18-12-16-10-15(3)6-9-19-16/h14-16,18-19H,4-13H2,1-3H3. The van der Waals surface area contributed by atoms with Gasteiger partial charge in [-0.1, -0.05) is 33.6 Å². The summed E-state index contributed by atoms with van der Waals surface area (Å²) in [5.74, 6) is 1.75. The fourth-order valence-corrected chi connectivity index (χ4v) is 4.33. The van der Waals surface area contributed by atoms with Gasteiger partial charge in [0.1, 0.15) is 0 Å². The molecule has 2 N–H and O–H groups in total. The van der Waals surface area contributed by atoms with Gasteiger partial charge >= 0.3 is 0 Å². The van der Waals surface area contributed by atoms with Crippen LogP contribution in [0, 0.1) is 17.3 Å². The fraction of sp³-hybridized carbons (Fsp3) is 1.00. The minimum absolute atomic E-state index is 0.619. The third-order valence-electron chi connectivity index (χ3n) is 5.15. The summed E-state index contributed by atoms with van der Waals surface area (Å²) in [7, 11) is 0. The van der Waals surface area contributed by atoms with E-state index in [0.29, 0.717) is 11.5 Å². The van der Waals surface area contributed by atoms with Crippen molar-refractivity contribution in [1.29, 1.82) is 0 Å². The van der Waals surface area contributed by atoms with Gasteiger partial charge in [0.25, 0.3) is 0 Å². The summed E-state index contributed by atoms with van der Waals surface area (Å²) in [6.07, 6.45) is 9.92. The second-order valence-corrected chi connectivity index (χ2v) is 7.72. The van der Waals surface area contributed by atoms with Crippen molar-refractivity contribution in [2.45, 2.75) is 71.8 Å². The number of nitrogens with one attached hydrogen (secondary N) is 2. The summed E-state index contributed by atoms with van der Waals surface area (Å²) in [4.78, 5) is 0. The highest BCUT2D eigenvalue weighted by atomic mass is 15.0. The highest BCUT2D eigenvalue weighted by Crippen LogP contribution is 2.42. The lowest BCUT2D eigenvalue weighted by molar-refractivity contribution is 0.215. The fourth-order valence-electron chi connectivity index (χ4n) is 4.33. The van der Waals surface area contributed by atoms with E-state index in [-0.39, 0.29) is 0 Å². The van der Waals surface area contributed by atoms with Crippen LogP contribution >= 0.6 is 0 Å². The molecule has 2 heteroatoms. The lowest BCUT2D eigenvalue weighted by Crippen LogP contribution is -2.46. The molecule has 0 aromatic rings. The Labute approximate surface area is 120 Å². The Morgan fingerprint density at radius 3 is 2.63 bits per heavy atom. The van der Waals surface area contributed by atoms with Crippen molar-refractivity contribution in [2.75, 3.05) is 19.6 Å². The van der Waals surface area contributed by atoms with Crippen LogP contribution in [0.1, 0.15) is 65.7 Å². The minimum atomic E-state index is 0.619. The van der Waals surface area contributed by atoms with Crippen molar-refractivity contribution in [3.8, 4) is 0 Å². The van der Waals surface area contributed by atoms with Crippen LogP contribution in [0.25, 0.3) is 0 Å². The maximum absolute atomic E-state index is 3.80. The molecule has 2 nitrogen and oxygen atoms in total. The Balaban J connectivity index is 1.73. The zero-order valence-electron chi connectivity index (χ0n) is 13.3. The SMILES string of the molecule is CC(C)CC1(CNCC2CC(C)CCN2)CCCC1. The Hall–Kier alpha value is -0.0800. The van der Waals surface area contributed by atoms with Gasteiger partial charge in [-0.25, -0.2) is 0 Å². The van der Waals surface area contributed by atoms with Crippen LogP contribution in [0.3, 0.4) is 0 Å². The molecule has 1 aliphatic carbocycles. The van der Waals surface area contributed by atoms with E-state index < -0.39 is 0 Å². The normalized spacial score (nSPS) is 30.9. The van der Waals surface area contributed by atoms with E-state index >= 15 is 0 Å². The molecule has 0 spiro atoms. The molecule has 2 aliphatic rings. The molecule has 2 atom stereocenters. The summed E-state index contributed by atoms with van der Waals surface area (Å²) in [5, 5.41) is 7.47. The van der Waals surface area contributed by atoms with Gasteiger partial charge in [-0.05, 0) is 55.9 Å². The molecule has 2 rings (SSSR count). The van der Waals surface area contributed by atoms with E-state index in [9.17, 15) is 0 Å². The second kappa shape index (κ2) is 7.08. The summed E-state index contributed by atoms with van der Waals surface area (Å²) < 4.78 is 0. The summed E-state index contributed by atoms with van der Waals surface area (Å²) in [6.45, 7) is 10.8. The predicted molar refractivity (Wildman–Crippen MR) is 83.4 cm³/mol. The van der Waals surface area contributed by atoms with Crippen LogP contribution in [-0.2, 0) is 0 Å². The molecule has 1 aliphatic heterocycles. The predicted octanol–water partition coefficient (Wildman–Crippen LogP) is 3.57. The highest BCUT2D eigenvalue weighted by molar-refractivity contribution is 4.88. The lowest BCUT2D eigenvalue weighted by atomic mass is 9.78. The first kappa shape index (κ1) is 15.3. The summed E-state index contributed by atoms with van der Waals surface area (Å²) >= 11 is 0. The van der Waals surface area contributed by atoms with E-state index in [1.165, 1.54) is 64.6 Å². The van der Waals surface area contributed by atoms with Crippen LogP contribution in [0.5, 0.6) is 0 Å². The number of piperidine rings is 1. The molecule has 112 valence electrons. The number of rotatable bonds is 6. The van der Waals surface area contributed by atoms with E-state index in [2.05, 4.69) is 31.4 Å². The Morgan fingerprint density at radius 2 is 2.00 bits per heavy atom. The Bertz CT molecular complexity index is 256. The van der Waals surface area contributed by atoms with Crippen molar-refractivity contribution >= 4 is 0 Å². The molecule has 19 heavy (non-hydrogen) atoms. The molecular formula is C17H34N2. The number of hydrogen-bond acceptors (Lipinski definition) is 2. The van der Waals surface area contributed by atoms with Gasteiger partial charge in [0.2, 0.25) is 0 Å². The quantitative estimate of drug-likeness (QED) is 0.768. The van der Waals surface area contributed by atoms with Gasteiger partial charge in [-0.3, -0.25) is 0 Å². The molecular weight excluding hydrogens is 232 g/mol. The molecule has 0 bridgehead atoms. The molecule has 2 unspecified atom stereocenters. The van der Waals surface area contributed by atoms with Gasteiger partial charge in [-0.15, -0.1) is 0 Å². The van der Waals surface area contributed by atoms with Crippen LogP contribution < -0.4 is 10.6 Å². The third kappa shape index (κ3) is 4.75. The van der Waals surface area contributed by atoms with E-state index in [0.717, 1.165) is 11.8 Å². The Morgan fingerprint density at radius 1 is 1.26 bits per heavy atom. The average molecular weight is 266 g/mol. The molecule has 0 radical (unpaired) electrons. The monoisotopic (exact) mass is 266 g/mol. The van der Waals surface area contributed by atoms with Gasteiger partial charge < -0.3 is 10.6 Å². The first-order valence-electron chi connectivity index (χ1n) is 8.54. The van der Waals surface area contributed by atoms with Gasteiger partial charge in [-0.2, -0.15) is 0 Å². The molecule has 1 saturated carbocycles. The van der Waals surface area contributed by atoms with Gasteiger partial charge in [0.15, 0.2) is 0 Å². The molecule has 0 amide bonds. The van der Waals surface area contributed by atoms with Crippen molar-refractivity contribution in [2.24, 2.45) is 17.3 Å². The largest absolute Gasteiger partial charge is 0.315 e.